The van der Waals surface area contributed by atoms with Gasteiger partial charge in [0.05, 0.1) is 21.7 Å². The van der Waals surface area contributed by atoms with Crippen LogP contribution in [0.3, 0.4) is 0 Å². The van der Waals surface area contributed by atoms with Gasteiger partial charge >= 0.3 is 0 Å². The number of aromatic nitrogens is 3. The summed E-state index contributed by atoms with van der Waals surface area (Å²) in [5.74, 6) is 0. The van der Waals surface area contributed by atoms with Gasteiger partial charge in [-0.2, -0.15) is 0 Å². The van der Waals surface area contributed by atoms with Gasteiger partial charge in [-0.15, -0.1) is 16.4 Å². The summed E-state index contributed by atoms with van der Waals surface area (Å²) in [6.07, 6.45) is 1.78. The van der Waals surface area contributed by atoms with Gasteiger partial charge in [0, 0.05) is 7.05 Å². The molecule has 0 radical (unpaired) electrons. The third-order valence-electron chi connectivity index (χ3n) is 2.25. The Hall–Kier alpha value is -0.720. The second-order valence-electron chi connectivity index (χ2n) is 3.19. The molecule has 2 rings (SSSR count). The summed E-state index contributed by atoms with van der Waals surface area (Å²) in [7, 11) is 3.83. The fourth-order valence-electron chi connectivity index (χ4n) is 1.52. The number of nitrogens with one attached hydrogen (secondary N) is 1. The maximum absolute atomic E-state index is 3.94. The van der Waals surface area contributed by atoms with Crippen LogP contribution in [0, 0.1) is 0 Å². The van der Waals surface area contributed by atoms with Crippen LogP contribution in [0.5, 0.6) is 0 Å². The Morgan fingerprint density at radius 3 is 2.87 bits per heavy atom. The average Bonchev–Trinajstić information content (AvgIpc) is 2.79. The Balaban J connectivity index is 2.36. The summed E-state index contributed by atoms with van der Waals surface area (Å²) in [5, 5.41) is 13.2. The van der Waals surface area contributed by atoms with E-state index >= 15 is 0 Å². The van der Waals surface area contributed by atoms with Crippen molar-refractivity contribution in [3.05, 3.63) is 32.7 Å². The molecule has 80 valence electrons. The van der Waals surface area contributed by atoms with Crippen LogP contribution in [-0.2, 0) is 7.05 Å². The van der Waals surface area contributed by atoms with E-state index in [4.69, 9.17) is 0 Å². The highest BCUT2D eigenvalue weighted by molar-refractivity contribution is 9.11. The third kappa shape index (κ3) is 2.11. The molecular weight excluding hydrogens is 276 g/mol. The maximum Gasteiger partial charge on any atom is 0.0798 e. The normalized spacial score (nSPS) is 13.0. The Bertz CT molecular complexity index is 450. The second-order valence-corrected chi connectivity index (χ2v) is 5.48. The van der Waals surface area contributed by atoms with E-state index < -0.39 is 0 Å². The highest BCUT2D eigenvalue weighted by Crippen LogP contribution is 2.28. The van der Waals surface area contributed by atoms with Gasteiger partial charge in [0.15, 0.2) is 0 Å². The number of rotatable bonds is 3. The zero-order valence-corrected chi connectivity index (χ0v) is 10.8. The Morgan fingerprint density at radius 2 is 2.40 bits per heavy atom. The predicted octanol–water partition coefficient (Wildman–Crippen LogP) is 1.95. The minimum atomic E-state index is 0.146. The molecule has 0 aliphatic rings. The molecule has 4 nitrogen and oxygen atoms in total. The van der Waals surface area contributed by atoms with Crippen molar-refractivity contribution in [1.82, 2.24) is 20.3 Å². The van der Waals surface area contributed by atoms with E-state index in [2.05, 4.69) is 43.0 Å². The van der Waals surface area contributed by atoms with Gasteiger partial charge in [-0.1, -0.05) is 5.21 Å². The molecule has 1 atom stereocenters. The first-order chi connectivity index (χ1) is 7.22. The number of nitrogens with zero attached hydrogens (tertiary/aromatic N) is 3. The number of hydrogen-bond acceptors (Lipinski definition) is 4. The SMILES string of the molecule is CNC(c1csc(Br)c1)c1cnnn1C. The highest BCUT2D eigenvalue weighted by atomic mass is 79.9. The largest absolute Gasteiger partial charge is 0.308 e. The van der Waals surface area contributed by atoms with Crippen molar-refractivity contribution in [2.75, 3.05) is 7.05 Å². The van der Waals surface area contributed by atoms with Crippen LogP contribution in [0.1, 0.15) is 17.3 Å². The molecule has 6 heteroatoms. The molecule has 0 fully saturated rings. The van der Waals surface area contributed by atoms with Crippen LogP contribution < -0.4 is 5.32 Å². The lowest BCUT2D eigenvalue weighted by Crippen LogP contribution is -2.19. The molecule has 15 heavy (non-hydrogen) atoms. The van der Waals surface area contributed by atoms with Crippen molar-refractivity contribution in [1.29, 1.82) is 0 Å². The van der Waals surface area contributed by atoms with Crippen LogP contribution in [0.25, 0.3) is 0 Å². The number of thiophene rings is 1. The van der Waals surface area contributed by atoms with Gasteiger partial charge in [0.2, 0.25) is 0 Å². The number of hydrogen-bond donors (Lipinski definition) is 1. The summed E-state index contributed by atoms with van der Waals surface area (Å²) < 4.78 is 2.92. The lowest BCUT2D eigenvalue weighted by Gasteiger charge is -2.13. The van der Waals surface area contributed by atoms with Gasteiger partial charge < -0.3 is 5.32 Å². The van der Waals surface area contributed by atoms with E-state index in [1.165, 1.54) is 5.56 Å². The van der Waals surface area contributed by atoms with Crippen molar-refractivity contribution < 1.29 is 0 Å². The zero-order valence-electron chi connectivity index (χ0n) is 8.44. The Labute approximate surface area is 100 Å². The first-order valence-electron chi connectivity index (χ1n) is 4.48. The minimum absolute atomic E-state index is 0.146. The van der Waals surface area contributed by atoms with Crippen molar-refractivity contribution in [3.63, 3.8) is 0 Å². The van der Waals surface area contributed by atoms with Crippen LogP contribution in [0.15, 0.2) is 21.4 Å². The standard InChI is InChI=1S/C9H11BrN4S/c1-11-9(6-3-8(10)15-5-6)7-4-12-13-14(7)2/h3-5,9,11H,1-2H3. The Kier molecular flexibility index (Phi) is 3.18. The molecule has 1 N–H and O–H groups in total. The highest BCUT2D eigenvalue weighted by Gasteiger charge is 2.17. The Morgan fingerprint density at radius 1 is 1.60 bits per heavy atom. The molecule has 0 saturated carbocycles. The molecular formula is C9H11BrN4S. The van der Waals surface area contributed by atoms with Crippen molar-refractivity contribution >= 4 is 27.3 Å². The second kappa shape index (κ2) is 4.42. The molecule has 0 aliphatic heterocycles. The van der Waals surface area contributed by atoms with E-state index in [1.54, 1.807) is 22.2 Å². The quantitative estimate of drug-likeness (QED) is 0.938. The smallest absolute Gasteiger partial charge is 0.0798 e. The summed E-state index contributed by atoms with van der Waals surface area (Å²) >= 11 is 5.14. The fraction of sp³-hybridized carbons (Fsp3) is 0.333. The first kappa shape index (κ1) is 10.8. The van der Waals surface area contributed by atoms with Crippen molar-refractivity contribution in [2.24, 2.45) is 7.05 Å². The maximum atomic E-state index is 3.94. The van der Waals surface area contributed by atoms with Crippen LogP contribution in [0.2, 0.25) is 0 Å². The molecule has 0 spiro atoms. The van der Waals surface area contributed by atoms with Crippen LogP contribution in [-0.4, -0.2) is 22.0 Å². The van der Waals surface area contributed by atoms with Crippen LogP contribution in [0.4, 0.5) is 0 Å². The van der Waals surface area contributed by atoms with Crippen molar-refractivity contribution in [3.8, 4) is 0 Å². The third-order valence-corrected chi connectivity index (χ3v) is 3.78. The molecule has 0 amide bonds. The predicted molar refractivity (Wildman–Crippen MR) is 63.9 cm³/mol. The number of halogens is 1. The molecule has 2 aromatic rings. The van der Waals surface area contributed by atoms with Crippen LogP contribution >= 0.6 is 27.3 Å². The summed E-state index contributed by atoms with van der Waals surface area (Å²) in [6, 6.07) is 2.26. The number of aryl methyl sites for hydroxylation is 1. The van der Waals surface area contributed by atoms with E-state index in [0.29, 0.717) is 0 Å². The fourth-order valence-corrected chi connectivity index (χ4v) is 2.72. The molecule has 0 aliphatic carbocycles. The first-order valence-corrected chi connectivity index (χ1v) is 6.15. The van der Waals surface area contributed by atoms with Gasteiger partial charge in [0.1, 0.15) is 0 Å². The van der Waals surface area contributed by atoms with E-state index in [-0.39, 0.29) is 6.04 Å². The molecule has 0 bridgehead atoms. The summed E-state index contributed by atoms with van der Waals surface area (Å²) in [5.41, 5.74) is 2.28. The van der Waals surface area contributed by atoms with Gasteiger partial charge in [0.25, 0.3) is 0 Å². The topological polar surface area (TPSA) is 42.7 Å². The molecule has 2 aromatic heterocycles. The van der Waals surface area contributed by atoms with Gasteiger partial charge in [-0.05, 0) is 40.0 Å². The molecule has 0 saturated heterocycles. The zero-order chi connectivity index (χ0) is 10.8. The van der Waals surface area contributed by atoms with E-state index in [1.807, 2.05) is 14.1 Å². The average molecular weight is 287 g/mol. The molecule has 2 heterocycles. The monoisotopic (exact) mass is 286 g/mol. The lowest BCUT2D eigenvalue weighted by molar-refractivity contribution is 0.599. The summed E-state index contributed by atoms with van der Waals surface area (Å²) in [4.78, 5) is 0. The summed E-state index contributed by atoms with van der Waals surface area (Å²) in [6.45, 7) is 0. The van der Waals surface area contributed by atoms with E-state index in [9.17, 15) is 0 Å². The minimum Gasteiger partial charge on any atom is -0.308 e. The van der Waals surface area contributed by atoms with Crippen molar-refractivity contribution in [2.45, 2.75) is 6.04 Å². The van der Waals surface area contributed by atoms with Gasteiger partial charge in [-0.25, -0.2) is 0 Å². The van der Waals surface area contributed by atoms with E-state index in [0.717, 1.165) is 9.48 Å². The van der Waals surface area contributed by atoms with Gasteiger partial charge in [-0.3, -0.25) is 4.68 Å². The molecule has 0 aromatic carbocycles. The molecule has 1 unspecified atom stereocenters. The lowest BCUT2D eigenvalue weighted by atomic mass is 10.1.